The van der Waals surface area contributed by atoms with Gasteiger partial charge in [0.15, 0.2) is 0 Å². The van der Waals surface area contributed by atoms with Crippen molar-refractivity contribution in [2.75, 3.05) is 11.9 Å². The SMILES string of the molecule is CCCOc1ccc(NC(=O)c2cc(Cl)nc(Cl)c2)cc1. The minimum Gasteiger partial charge on any atom is -0.494 e. The van der Waals surface area contributed by atoms with Gasteiger partial charge in [0.1, 0.15) is 16.1 Å². The molecule has 0 atom stereocenters. The van der Waals surface area contributed by atoms with Gasteiger partial charge in [0.25, 0.3) is 5.91 Å². The molecule has 2 aromatic rings. The van der Waals surface area contributed by atoms with Crippen molar-refractivity contribution in [3.8, 4) is 5.75 Å². The number of halogens is 2. The zero-order valence-electron chi connectivity index (χ0n) is 11.4. The second kappa shape index (κ2) is 7.29. The van der Waals surface area contributed by atoms with Crippen molar-refractivity contribution in [1.29, 1.82) is 0 Å². The van der Waals surface area contributed by atoms with E-state index in [1.165, 1.54) is 12.1 Å². The van der Waals surface area contributed by atoms with Gasteiger partial charge in [-0.15, -0.1) is 0 Å². The van der Waals surface area contributed by atoms with Crippen LogP contribution in [0.25, 0.3) is 0 Å². The van der Waals surface area contributed by atoms with E-state index in [9.17, 15) is 4.79 Å². The second-order valence-corrected chi connectivity index (χ2v) is 5.10. The van der Waals surface area contributed by atoms with Crippen LogP contribution in [0.15, 0.2) is 36.4 Å². The summed E-state index contributed by atoms with van der Waals surface area (Å²) in [6.07, 6.45) is 0.946. The zero-order valence-corrected chi connectivity index (χ0v) is 12.9. The normalized spacial score (nSPS) is 10.2. The summed E-state index contributed by atoms with van der Waals surface area (Å²) in [6, 6.07) is 10.1. The van der Waals surface area contributed by atoms with Crippen molar-refractivity contribution >= 4 is 34.8 Å². The lowest BCUT2D eigenvalue weighted by molar-refractivity contribution is 0.102. The summed E-state index contributed by atoms with van der Waals surface area (Å²) < 4.78 is 5.48. The number of hydrogen-bond acceptors (Lipinski definition) is 3. The van der Waals surface area contributed by atoms with Crippen LogP contribution in [0.5, 0.6) is 5.75 Å². The van der Waals surface area contributed by atoms with Gasteiger partial charge < -0.3 is 10.1 Å². The first-order valence-electron chi connectivity index (χ1n) is 6.46. The lowest BCUT2D eigenvalue weighted by Gasteiger charge is -2.08. The summed E-state index contributed by atoms with van der Waals surface area (Å²) >= 11 is 11.5. The molecule has 1 aromatic heterocycles. The van der Waals surface area contributed by atoms with E-state index in [0.29, 0.717) is 17.9 Å². The largest absolute Gasteiger partial charge is 0.494 e. The molecule has 0 saturated carbocycles. The third-order valence-electron chi connectivity index (χ3n) is 2.61. The van der Waals surface area contributed by atoms with Gasteiger partial charge in [-0.3, -0.25) is 4.79 Å². The topological polar surface area (TPSA) is 51.2 Å². The van der Waals surface area contributed by atoms with Crippen LogP contribution < -0.4 is 10.1 Å². The van der Waals surface area contributed by atoms with Gasteiger partial charge >= 0.3 is 0 Å². The molecule has 0 aliphatic carbocycles. The van der Waals surface area contributed by atoms with Crippen LogP contribution in [0.4, 0.5) is 5.69 Å². The van der Waals surface area contributed by atoms with Crippen LogP contribution in [-0.2, 0) is 0 Å². The molecular formula is C15H14Cl2N2O2. The molecule has 1 amide bonds. The maximum Gasteiger partial charge on any atom is 0.255 e. The first-order chi connectivity index (χ1) is 10.1. The average Bonchev–Trinajstić information content (AvgIpc) is 2.45. The number of carbonyl (C=O) groups excluding carboxylic acids is 1. The molecule has 1 N–H and O–H groups in total. The molecule has 0 saturated heterocycles. The van der Waals surface area contributed by atoms with Gasteiger partial charge in [-0.25, -0.2) is 4.98 Å². The van der Waals surface area contributed by atoms with Gasteiger partial charge in [0, 0.05) is 11.3 Å². The number of anilines is 1. The smallest absolute Gasteiger partial charge is 0.255 e. The van der Waals surface area contributed by atoms with E-state index in [1.54, 1.807) is 24.3 Å². The molecule has 0 aliphatic rings. The Morgan fingerprint density at radius 3 is 2.38 bits per heavy atom. The highest BCUT2D eigenvalue weighted by molar-refractivity contribution is 6.33. The van der Waals surface area contributed by atoms with Crippen LogP contribution in [-0.4, -0.2) is 17.5 Å². The quantitative estimate of drug-likeness (QED) is 0.828. The molecule has 1 aromatic carbocycles. The Morgan fingerprint density at radius 1 is 1.19 bits per heavy atom. The Bertz CT molecular complexity index is 610. The van der Waals surface area contributed by atoms with Gasteiger partial charge in [0.2, 0.25) is 0 Å². The first-order valence-corrected chi connectivity index (χ1v) is 7.21. The number of pyridine rings is 1. The fourth-order valence-corrected chi connectivity index (χ4v) is 2.11. The number of nitrogens with zero attached hydrogens (tertiary/aromatic N) is 1. The fourth-order valence-electron chi connectivity index (χ4n) is 1.65. The summed E-state index contributed by atoms with van der Waals surface area (Å²) in [4.78, 5) is 15.9. The van der Waals surface area contributed by atoms with Crippen LogP contribution in [0.2, 0.25) is 10.3 Å². The number of aromatic nitrogens is 1. The number of nitrogens with one attached hydrogen (secondary N) is 1. The summed E-state index contributed by atoms with van der Waals surface area (Å²) in [5, 5.41) is 3.11. The molecular weight excluding hydrogens is 311 g/mol. The van der Waals surface area contributed by atoms with E-state index in [1.807, 2.05) is 6.92 Å². The number of ether oxygens (including phenoxy) is 1. The maximum atomic E-state index is 12.1. The Labute approximate surface area is 133 Å². The first kappa shape index (κ1) is 15.6. The summed E-state index contributed by atoms with van der Waals surface area (Å²) in [6.45, 7) is 2.71. The van der Waals surface area contributed by atoms with Gasteiger partial charge in [-0.05, 0) is 42.8 Å². The predicted molar refractivity (Wildman–Crippen MR) is 84.4 cm³/mol. The van der Waals surface area contributed by atoms with Gasteiger partial charge in [-0.2, -0.15) is 0 Å². The molecule has 0 spiro atoms. The van der Waals surface area contributed by atoms with Gasteiger partial charge in [0.05, 0.1) is 6.61 Å². The lowest BCUT2D eigenvalue weighted by atomic mass is 10.2. The highest BCUT2D eigenvalue weighted by Crippen LogP contribution is 2.19. The minimum absolute atomic E-state index is 0.177. The number of carbonyl (C=O) groups is 1. The molecule has 0 fully saturated rings. The number of benzene rings is 1. The summed E-state index contributed by atoms with van der Waals surface area (Å²) in [7, 11) is 0. The molecule has 0 radical (unpaired) electrons. The van der Waals surface area contributed by atoms with E-state index in [0.717, 1.165) is 12.2 Å². The Hall–Kier alpha value is -1.78. The molecule has 2 rings (SSSR count). The van der Waals surface area contributed by atoms with E-state index in [2.05, 4.69) is 10.3 Å². The van der Waals surface area contributed by atoms with Crippen molar-refractivity contribution in [2.45, 2.75) is 13.3 Å². The Morgan fingerprint density at radius 2 is 1.81 bits per heavy atom. The van der Waals surface area contributed by atoms with Crippen molar-refractivity contribution in [2.24, 2.45) is 0 Å². The van der Waals surface area contributed by atoms with E-state index < -0.39 is 0 Å². The summed E-state index contributed by atoms with van der Waals surface area (Å²) in [5.74, 6) is 0.466. The Balaban J connectivity index is 2.05. The molecule has 21 heavy (non-hydrogen) atoms. The van der Waals surface area contributed by atoms with Crippen molar-refractivity contribution in [3.63, 3.8) is 0 Å². The van der Waals surface area contributed by atoms with E-state index in [-0.39, 0.29) is 16.2 Å². The highest BCUT2D eigenvalue weighted by Gasteiger charge is 2.09. The second-order valence-electron chi connectivity index (χ2n) is 4.33. The van der Waals surface area contributed by atoms with Crippen molar-refractivity contribution in [1.82, 2.24) is 4.98 Å². The molecule has 110 valence electrons. The predicted octanol–water partition coefficient (Wildman–Crippen LogP) is 4.43. The third kappa shape index (κ3) is 4.62. The monoisotopic (exact) mass is 324 g/mol. The molecule has 0 bridgehead atoms. The van der Waals surface area contributed by atoms with Gasteiger partial charge in [-0.1, -0.05) is 30.1 Å². The van der Waals surface area contributed by atoms with Crippen LogP contribution in [0, 0.1) is 0 Å². The van der Waals surface area contributed by atoms with Crippen molar-refractivity contribution in [3.05, 3.63) is 52.3 Å². The third-order valence-corrected chi connectivity index (χ3v) is 3.00. The Kier molecular flexibility index (Phi) is 5.42. The fraction of sp³-hybridized carbons (Fsp3) is 0.200. The number of rotatable bonds is 5. The molecule has 6 heteroatoms. The highest BCUT2D eigenvalue weighted by atomic mass is 35.5. The van der Waals surface area contributed by atoms with Crippen molar-refractivity contribution < 1.29 is 9.53 Å². The van der Waals surface area contributed by atoms with Crippen LogP contribution >= 0.6 is 23.2 Å². The van der Waals surface area contributed by atoms with Crippen LogP contribution in [0.1, 0.15) is 23.7 Å². The van der Waals surface area contributed by atoms with E-state index in [4.69, 9.17) is 27.9 Å². The molecule has 1 heterocycles. The number of hydrogen-bond donors (Lipinski definition) is 1. The zero-order chi connectivity index (χ0) is 15.2. The molecule has 0 aliphatic heterocycles. The lowest BCUT2D eigenvalue weighted by Crippen LogP contribution is -2.12. The number of amides is 1. The van der Waals surface area contributed by atoms with E-state index >= 15 is 0 Å². The average molecular weight is 325 g/mol. The molecule has 0 unspecified atom stereocenters. The summed E-state index contributed by atoms with van der Waals surface area (Å²) in [5.41, 5.74) is 1.01. The maximum absolute atomic E-state index is 12.1. The minimum atomic E-state index is -0.302. The molecule has 4 nitrogen and oxygen atoms in total. The standard InChI is InChI=1S/C15H14Cl2N2O2/c1-2-7-21-12-5-3-11(4-6-12)18-15(20)10-8-13(16)19-14(17)9-10/h3-6,8-9H,2,7H2,1H3,(H,18,20). The van der Waals surface area contributed by atoms with Crippen LogP contribution in [0.3, 0.4) is 0 Å².